The van der Waals surface area contributed by atoms with Gasteiger partial charge >= 0.3 is 0 Å². The van der Waals surface area contributed by atoms with Crippen LogP contribution in [0.2, 0.25) is 5.54 Å². The zero-order valence-electron chi connectivity index (χ0n) is 6.85. The van der Waals surface area contributed by atoms with Crippen molar-refractivity contribution in [1.82, 2.24) is 4.90 Å². The number of hydrogen-bond acceptors (Lipinski definition) is 1. The maximum absolute atomic E-state index is 2.46. The van der Waals surface area contributed by atoms with Crippen molar-refractivity contribution in [3.05, 3.63) is 0 Å². The normalized spacial score (nSPS) is 14.3. The van der Waals surface area contributed by atoms with Gasteiger partial charge in [0, 0.05) is 10.2 Å². The third-order valence-electron chi connectivity index (χ3n) is 1.46. The highest BCUT2D eigenvalue weighted by atomic mass is 28.1. The van der Waals surface area contributed by atoms with E-state index in [4.69, 9.17) is 0 Å². The first-order chi connectivity index (χ1) is 4.20. The minimum Gasteiger partial charge on any atom is -0.304 e. The van der Waals surface area contributed by atoms with E-state index in [0.29, 0.717) is 0 Å². The van der Waals surface area contributed by atoms with Crippen molar-refractivity contribution in [3.8, 4) is 0 Å². The lowest BCUT2D eigenvalue weighted by Gasteiger charge is -2.19. The topological polar surface area (TPSA) is 3.24 Å². The molecular formula is C7H18NSi. The Hall–Kier alpha value is 0.177. The van der Waals surface area contributed by atoms with Crippen molar-refractivity contribution in [2.75, 3.05) is 19.6 Å². The molecule has 1 radical (unpaired) electrons. The first-order valence-electron chi connectivity index (χ1n) is 3.76. The highest BCUT2D eigenvalue weighted by molar-refractivity contribution is 6.11. The molecule has 0 aliphatic heterocycles. The molecule has 9 heavy (non-hydrogen) atoms. The minimum atomic E-state index is 0.838. The minimum absolute atomic E-state index is 0.838. The Bertz CT molecular complexity index is 59.9. The number of rotatable bonds is 4. The predicted molar refractivity (Wildman–Crippen MR) is 45.8 cm³/mol. The Morgan fingerprint density at radius 3 is 1.89 bits per heavy atom. The Morgan fingerprint density at radius 2 is 1.78 bits per heavy atom. The molecule has 0 bridgehead atoms. The molecule has 1 atom stereocenters. The summed E-state index contributed by atoms with van der Waals surface area (Å²) in [6.45, 7) is 10.4. The molecule has 0 aliphatic rings. The van der Waals surface area contributed by atoms with Crippen LogP contribution in [0.5, 0.6) is 0 Å². The van der Waals surface area contributed by atoms with Gasteiger partial charge in [0.15, 0.2) is 0 Å². The molecule has 0 rings (SSSR count). The molecule has 0 fully saturated rings. The van der Waals surface area contributed by atoms with Crippen molar-refractivity contribution in [2.24, 2.45) is 0 Å². The van der Waals surface area contributed by atoms with Gasteiger partial charge in [-0.1, -0.05) is 20.8 Å². The Labute approximate surface area is 61.9 Å². The molecule has 0 spiro atoms. The monoisotopic (exact) mass is 144 g/mol. The fourth-order valence-electron chi connectivity index (χ4n) is 0.923. The van der Waals surface area contributed by atoms with Gasteiger partial charge in [0.05, 0.1) is 0 Å². The lowest BCUT2D eigenvalue weighted by atomic mass is 10.4. The van der Waals surface area contributed by atoms with Gasteiger partial charge in [-0.3, -0.25) is 0 Å². The molecule has 1 nitrogen and oxygen atoms in total. The van der Waals surface area contributed by atoms with Gasteiger partial charge in [0.25, 0.3) is 0 Å². The standard InChI is InChI=1S/C7H18NSi/c1-4-8(5-2)6-7(3)9/h7H,4-6,9H2,1-3H3. The van der Waals surface area contributed by atoms with Gasteiger partial charge in [-0.15, -0.1) is 0 Å². The summed E-state index contributed by atoms with van der Waals surface area (Å²) in [5, 5.41) is 0. The van der Waals surface area contributed by atoms with Crippen molar-refractivity contribution in [2.45, 2.75) is 26.3 Å². The summed E-state index contributed by atoms with van der Waals surface area (Å²) in [7, 11) is 2.08. The zero-order chi connectivity index (χ0) is 7.28. The van der Waals surface area contributed by atoms with E-state index in [1.165, 1.54) is 19.6 Å². The second-order valence-corrected chi connectivity index (χ2v) is 3.98. The average molecular weight is 144 g/mol. The Balaban J connectivity index is 3.31. The van der Waals surface area contributed by atoms with Crippen LogP contribution in [-0.4, -0.2) is 34.8 Å². The van der Waals surface area contributed by atoms with Crippen LogP contribution in [0.25, 0.3) is 0 Å². The van der Waals surface area contributed by atoms with E-state index in [1.807, 2.05) is 0 Å². The Kier molecular flexibility index (Phi) is 5.10. The summed E-state index contributed by atoms with van der Waals surface area (Å²) in [4.78, 5) is 2.46. The molecule has 0 saturated heterocycles. The van der Waals surface area contributed by atoms with E-state index >= 15 is 0 Å². The van der Waals surface area contributed by atoms with Crippen molar-refractivity contribution in [3.63, 3.8) is 0 Å². The van der Waals surface area contributed by atoms with Crippen LogP contribution >= 0.6 is 0 Å². The van der Waals surface area contributed by atoms with Crippen LogP contribution in [0.4, 0.5) is 0 Å². The van der Waals surface area contributed by atoms with Crippen molar-refractivity contribution < 1.29 is 0 Å². The van der Waals surface area contributed by atoms with E-state index in [-0.39, 0.29) is 0 Å². The van der Waals surface area contributed by atoms with Gasteiger partial charge in [-0.05, 0) is 25.2 Å². The van der Waals surface area contributed by atoms with E-state index < -0.39 is 0 Å². The van der Waals surface area contributed by atoms with E-state index in [2.05, 4.69) is 35.9 Å². The van der Waals surface area contributed by atoms with E-state index in [9.17, 15) is 0 Å². The fourth-order valence-corrected chi connectivity index (χ4v) is 1.29. The van der Waals surface area contributed by atoms with Gasteiger partial charge < -0.3 is 4.90 Å². The smallest absolute Gasteiger partial charge is 0.0134 e. The number of nitrogens with zero attached hydrogens (tertiary/aromatic N) is 1. The molecule has 0 heterocycles. The second-order valence-electron chi connectivity index (χ2n) is 2.59. The quantitative estimate of drug-likeness (QED) is 0.527. The van der Waals surface area contributed by atoms with Gasteiger partial charge in [0.1, 0.15) is 0 Å². The maximum Gasteiger partial charge on any atom is 0.0134 e. The van der Waals surface area contributed by atoms with Crippen molar-refractivity contribution >= 4 is 10.2 Å². The van der Waals surface area contributed by atoms with Gasteiger partial charge in [-0.25, -0.2) is 0 Å². The lowest BCUT2D eigenvalue weighted by Crippen LogP contribution is -2.26. The molecule has 0 amide bonds. The van der Waals surface area contributed by atoms with Crippen LogP contribution < -0.4 is 0 Å². The average Bonchev–Trinajstić information content (AvgIpc) is 1.82. The third-order valence-corrected chi connectivity index (χ3v) is 1.72. The molecule has 0 aromatic heterocycles. The Morgan fingerprint density at radius 1 is 1.33 bits per heavy atom. The highest BCUT2D eigenvalue weighted by Crippen LogP contribution is 1.98. The summed E-state index contributed by atoms with van der Waals surface area (Å²) in [5.41, 5.74) is 0.838. The molecule has 0 aromatic carbocycles. The summed E-state index contributed by atoms with van der Waals surface area (Å²) in [6.07, 6.45) is 0. The van der Waals surface area contributed by atoms with Gasteiger partial charge in [-0.2, -0.15) is 0 Å². The van der Waals surface area contributed by atoms with Crippen LogP contribution in [0.15, 0.2) is 0 Å². The predicted octanol–water partition coefficient (Wildman–Crippen LogP) is 0.770. The van der Waals surface area contributed by atoms with Crippen LogP contribution in [0, 0.1) is 0 Å². The summed E-state index contributed by atoms with van der Waals surface area (Å²) in [6, 6.07) is 0. The second kappa shape index (κ2) is 5.00. The lowest BCUT2D eigenvalue weighted by molar-refractivity contribution is 0.305. The molecule has 0 aliphatic carbocycles. The van der Waals surface area contributed by atoms with Crippen LogP contribution in [0.1, 0.15) is 20.8 Å². The molecular weight excluding hydrogens is 126 g/mol. The summed E-state index contributed by atoms with van der Waals surface area (Å²) >= 11 is 0. The number of hydrogen-bond donors (Lipinski definition) is 0. The van der Waals surface area contributed by atoms with E-state index in [0.717, 1.165) is 5.54 Å². The summed E-state index contributed by atoms with van der Waals surface area (Å²) in [5.74, 6) is 0. The SMILES string of the molecule is CCN(CC)CC(C)[SiH2]. The van der Waals surface area contributed by atoms with Crippen molar-refractivity contribution in [1.29, 1.82) is 0 Å². The molecule has 0 aromatic rings. The molecule has 0 N–H and O–H groups in total. The van der Waals surface area contributed by atoms with Gasteiger partial charge in [0.2, 0.25) is 0 Å². The largest absolute Gasteiger partial charge is 0.304 e. The van der Waals surface area contributed by atoms with Crippen LogP contribution in [0.3, 0.4) is 0 Å². The molecule has 0 saturated carbocycles. The van der Waals surface area contributed by atoms with Crippen LogP contribution in [-0.2, 0) is 0 Å². The first-order valence-corrected chi connectivity index (χ1v) is 4.57. The van der Waals surface area contributed by atoms with E-state index in [1.54, 1.807) is 0 Å². The highest BCUT2D eigenvalue weighted by Gasteiger charge is 2.00. The zero-order valence-corrected chi connectivity index (χ0v) is 8.27. The summed E-state index contributed by atoms with van der Waals surface area (Å²) < 4.78 is 0. The first kappa shape index (κ1) is 9.18. The molecule has 55 valence electrons. The fraction of sp³-hybridized carbons (Fsp3) is 1.00. The maximum atomic E-state index is 2.46. The molecule has 2 heteroatoms. The molecule has 1 unspecified atom stereocenters. The third kappa shape index (κ3) is 4.67.